The predicted molar refractivity (Wildman–Crippen MR) is 70.8 cm³/mol. The van der Waals surface area contributed by atoms with Crippen LogP contribution in [0.25, 0.3) is 0 Å². The molecule has 0 saturated heterocycles. The molecular formula is C14H14FN3O. The van der Waals surface area contributed by atoms with Crippen molar-refractivity contribution in [2.75, 3.05) is 5.32 Å². The molecule has 4 nitrogen and oxygen atoms in total. The molecule has 0 aliphatic carbocycles. The average molecular weight is 259 g/mol. The van der Waals surface area contributed by atoms with Crippen molar-refractivity contribution in [3.8, 4) is 0 Å². The lowest BCUT2D eigenvalue weighted by atomic mass is 9.92. The SMILES string of the molecule is CC(Nc1ccc(F)cc1)(C(N)=O)c1cccnc1. The van der Waals surface area contributed by atoms with Crippen LogP contribution in [0.1, 0.15) is 12.5 Å². The molecule has 2 rings (SSSR count). The van der Waals surface area contributed by atoms with Crippen molar-refractivity contribution in [3.05, 3.63) is 60.2 Å². The number of halogens is 1. The minimum Gasteiger partial charge on any atom is -0.368 e. The molecule has 3 N–H and O–H groups in total. The quantitative estimate of drug-likeness (QED) is 0.882. The summed E-state index contributed by atoms with van der Waals surface area (Å²) in [6.07, 6.45) is 3.18. The third-order valence-corrected chi connectivity index (χ3v) is 2.97. The van der Waals surface area contributed by atoms with Gasteiger partial charge in [0.05, 0.1) is 0 Å². The van der Waals surface area contributed by atoms with E-state index < -0.39 is 11.4 Å². The number of nitrogens with two attached hydrogens (primary N) is 1. The van der Waals surface area contributed by atoms with E-state index >= 15 is 0 Å². The molecule has 0 saturated carbocycles. The lowest BCUT2D eigenvalue weighted by Gasteiger charge is -2.28. The number of aromatic nitrogens is 1. The van der Waals surface area contributed by atoms with Crippen molar-refractivity contribution in [2.24, 2.45) is 5.73 Å². The van der Waals surface area contributed by atoms with Crippen molar-refractivity contribution < 1.29 is 9.18 Å². The smallest absolute Gasteiger partial charge is 0.247 e. The number of carbonyl (C=O) groups is 1. The Balaban J connectivity index is 2.36. The Morgan fingerprint density at radius 1 is 1.32 bits per heavy atom. The van der Waals surface area contributed by atoms with Crippen LogP contribution in [0.4, 0.5) is 10.1 Å². The number of nitrogens with zero attached hydrogens (tertiary/aromatic N) is 1. The number of anilines is 1. The number of pyridine rings is 1. The summed E-state index contributed by atoms with van der Waals surface area (Å²) < 4.78 is 12.9. The van der Waals surface area contributed by atoms with E-state index in [1.54, 1.807) is 43.6 Å². The zero-order valence-corrected chi connectivity index (χ0v) is 10.4. The first-order valence-electron chi connectivity index (χ1n) is 5.76. The van der Waals surface area contributed by atoms with E-state index in [4.69, 9.17) is 5.73 Å². The first-order chi connectivity index (χ1) is 9.02. The number of carbonyl (C=O) groups excluding carboxylic acids is 1. The summed E-state index contributed by atoms with van der Waals surface area (Å²) >= 11 is 0. The van der Waals surface area contributed by atoms with Crippen molar-refractivity contribution in [3.63, 3.8) is 0 Å². The van der Waals surface area contributed by atoms with Gasteiger partial charge in [0.1, 0.15) is 11.4 Å². The molecule has 5 heteroatoms. The first-order valence-corrected chi connectivity index (χ1v) is 5.76. The van der Waals surface area contributed by atoms with Gasteiger partial charge < -0.3 is 11.1 Å². The van der Waals surface area contributed by atoms with Crippen molar-refractivity contribution in [1.82, 2.24) is 4.98 Å². The number of amides is 1. The number of hydrogen-bond acceptors (Lipinski definition) is 3. The van der Waals surface area contributed by atoms with Gasteiger partial charge in [-0.25, -0.2) is 4.39 Å². The third kappa shape index (κ3) is 2.70. The summed E-state index contributed by atoms with van der Waals surface area (Å²) in [6, 6.07) is 9.21. The van der Waals surface area contributed by atoms with Gasteiger partial charge in [0.2, 0.25) is 5.91 Å². The Morgan fingerprint density at radius 2 is 2.00 bits per heavy atom. The Hall–Kier alpha value is -2.43. The number of hydrogen-bond donors (Lipinski definition) is 2. The maximum atomic E-state index is 12.9. The highest BCUT2D eigenvalue weighted by Gasteiger charge is 2.33. The summed E-state index contributed by atoms with van der Waals surface area (Å²) in [5.74, 6) is -0.877. The van der Waals surface area contributed by atoms with Crippen molar-refractivity contribution >= 4 is 11.6 Å². The molecule has 1 atom stereocenters. The van der Waals surface area contributed by atoms with Gasteiger partial charge in [0.15, 0.2) is 0 Å². The summed E-state index contributed by atoms with van der Waals surface area (Å²) in [5.41, 5.74) is 5.62. The Bertz CT molecular complexity index is 571. The monoisotopic (exact) mass is 259 g/mol. The van der Waals surface area contributed by atoms with Gasteiger partial charge in [0, 0.05) is 23.6 Å². The standard InChI is InChI=1S/C14H14FN3O/c1-14(13(16)19,10-3-2-8-17-9-10)18-12-6-4-11(15)5-7-12/h2-9,18H,1H3,(H2,16,19). The van der Waals surface area contributed by atoms with Gasteiger partial charge in [-0.1, -0.05) is 6.07 Å². The molecule has 1 heterocycles. The normalized spacial score (nSPS) is 13.6. The van der Waals surface area contributed by atoms with Crippen molar-refractivity contribution in [1.29, 1.82) is 0 Å². The lowest BCUT2D eigenvalue weighted by molar-refractivity contribution is -0.122. The number of rotatable bonds is 4. The van der Waals surface area contributed by atoms with E-state index in [1.807, 2.05) is 0 Å². The average Bonchev–Trinajstić information content (AvgIpc) is 2.42. The Morgan fingerprint density at radius 3 is 2.53 bits per heavy atom. The third-order valence-electron chi connectivity index (χ3n) is 2.97. The molecule has 0 fully saturated rings. The topological polar surface area (TPSA) is 68.0 Å². The summed E-state index contributed by atoms with van der Waals surface area (Å²) in [4.78, 5) is 15.7. The van der Waals surface area contributed by atoms with Crippen molar-refractivity contribution in [2.45, 2.75) is 12.5 Å². The van der Waals surface area contributed by atoms with E-state index in [0.29, 0.717) is 11.3 Å². The molecule has 1 unspecified atom stereocenters. The number of primary amides is 1. The molecule has 2 aromatic rings. The molecule has 1 aromatic heterocycles. The van der Waals surface area contributed by atoms with Crippen LogP contribution in [0.5, 0.6) is 0 Å². The number of benzene rings is 1. The van der Waals surface area contributed by atoms with Crippen LogP contribution in [0.15, 0.2) is 48.8 Å². The summed E-state index contributed by atoms with van der Waals surface area (Å²) in [7, 11) is 0. The molecule has 98 valence electrons. The zero-order valence-electron chi connectivity index (χ0n) is 10.4. The van der Waals surface area contributed by atoms with Gasteiger partial charge in [-0.05, 0) is 37.3 Å². The molecule has 0 aliphatic heterocycles. The van der Waals surface area contributed by atoms with E-state index in [1.165, 1.54) is 12.1 Å². The molecule has 0 radical (unpaired) electrons. The number of nitrogens with one attached hydrogen (secondary N) is 1. The fourth-order valence-corrected chi connectivity index (χ4v) is 1.76. The van der Waals surface area contributed by atoms with E-state index in [-0.39, 0.29) is 5.82 Å². The molecule has 1 aromatic carbocycles. The van der Waals surface area contributed by atoms with Crippen LogP contribution in [0.2, 0.25) is 0 Å². The minimum absolute atomic E-state index is 0.340. The van der Waals surface area contributed by atoms with Gasteiger partial charge in [-0.3, -0.25) is 9.78 Å². The summed E-state index contributed by atoms with van der Waals surface area (Å²) in [6.45, 7) is 1.66. The highest BCUT2D eigenvalue weighted by Crippen LogP contribution is 2.25. The largest absolute Gasteiger partial charge is 0.368 e. The molecule has 0 spiro atoms. The molecule has 19 heavy (non-hydrogen) atoms. The van der Waals surface area contributed by atoms with Crippen LogP contribution >= 0.6 is 0 Å². The summed E-state index contributed by atoms with van der Waals surface area (Å²) in [5, 5.41) is 3.02. The minimum atomic E-state index is -1.11. The van der Waals surface area contributed by atoms with Crippen LogP contribution in [-0.4, -0.2) is 10.9 Å². The van der Waals surface area contributed by atoms with E-state index in [9.17, 15) is 9.18 Å². The fraction of sp³-hybridized carbons (Fsp3) is 0.143. The highest BCUT2D eigenvalue weighted by atomic mass is 19.1. The molecule has 0 bridgehead atoms. The zero-order chi connectivity index (χ0) is 13.9. The van der Waals surface area contributed by atoms with Gasteiger partial charge in [0.25, 0.3) is 0 Å². The Labute approximate surface area is 110 Å². The van der Waals surface area contributed by atoms with Crippen LogP contribution in [0, 0.1) is 5.82 Å². The molecular weight excluding hydrogens is 245 g/mol. The van der Waals surface area contributed by atoms with E-state index in [2.05, 4.69) is 10.3 Å². The molecule has 0 aliphatic rings. The van der Waals surface area contributed by atoms with Crippen LogP contribution in [-0.2, 0) is 10.3 Å². The van der Waals surface area contributed by atoms with Crippen LogP contribution in [0.3, 0.4) is 0 Å². The predicted octanol–water partition coefficient (Wildman–Crippen LogP) is 2.03. The maximum absolute atomic E-state index is 12.9. The first kappa shape index (κ1) is 13.0. The second kappa shape index (κ2) is 5.06. The second-order valence-electron chi connectivity index (χ2n) is 4.36. The maximum Gasteiger partial charge on any atom is 0.247 e. The van der Waals surface area contributed by atoms with Gasteiger partial charge in [-0.2, -0.15) is 0 Å². The highest BCUT2D eigenvalue weighted by molar-refractivity contribution is 5.88. The fourth-order valence-electron chi connectivity index (χ4n) is 1.76. The second-order valence-corrected chi connectivity index (χ2v) is 4.36. The van der Waals surface area contributed by atoms with E-state index in [0.717, 1.165) is 0 Å². The molecule has 1 amide bonds. The van der Waals surface area contributed by atoms with Crippen LogP contribution < -0.4 is 11.1 Å². The van der Waals surface area contributed by atoms with Gasteiger partial charge >= 0.3 is 0 Å². The Kier molecular flexibility index (Phi) is 3.46. The lowest BCUT2D eigenvalue weighted by Crippen LogP contribution is -2.45. The van der Waals surface area contributed by atoms with Gasteiger partial charge in [-0.15, -0.1) is 0 Å².